The van der Waals surface area contributed by atoms with Crippen LogP contribution in [0.15, 0.2) is 12.3 Å². The van der Waals surface area contributed by atoms with E-state index in [0.29, 0.717) is 12.3 Å². The van der Waals surface area contributed by atoms with Crippen LogP contribution in [0.4, 0.5) is 43.9 Å². The smallest absolute Gasteiger partial charge is 0.307 e. The van der Waals surface area contributed by atoms with Crippen molar-refractivity contribution in [2.24, 2.45) is 0 Å². The SMILES string of the molecule is O=C(O)Cc1cc(-c2c(F)c(F)c(F)c(F)c2F)cnc1-c1c(F)c(F)c(F)c(F)c1F. The van der Waals surface area contributed by atoms with E-state index >= 15 is 0 Å². The van der Waals surface area contributed by atoms with E-state index < -0.39 is 98.5 Å². The van der Waals surface area contributed by atoms with Gasteiger partial charge >= 0.3 is 5.97 Å². The van der Waals surface area contributed by atoms with Gasteiger partial charge in [0.2, 0.25) is 11.6 Å². The maximum atomic E-state index is 14.1. The molecule has 1 heterocycles. The summed E-state index contributed by atoms with van der Waals surface area (Å²) in [6.45, 7) is 0. The van der Waals surface area contributed by atoms with Crippen molar-refractivity contribution < 1.29 is 53.8 Å². The first-order valence-electron chi connectivity index (χ1n) is 8.12. The van der Waals surface area contributed by atoms with Crippen molar-refractivity contribution in [1.82, 2.24) is 4.98 Å². The average Bonchev–Trinajstić information content (AvgIpc) is 2.74. The highest BCUT2D eigenvalue weighted by Gasteiger charge is 2.31. The topological polar surface area (TPSA) is 50.2 Å². The van der Waals surface area contributed by atoms with E-state index in [1.165, 1.54) is 0 Å². The maximum Gasteiger partial charge on any atom is 0.307 e. The third-order valence-corrected chi connectivity index (χ3v) is 4.25. The summed E-state index contributed by atoms with van der Waals surface area (Å²) in [6.07, 6.45) is -0.915. The number of carboxylic acid groups (broad SMARTS) is 1. The van der Waals surface area contributed by atoms with E-state index in [9.17, 15) is 48.7 Å². The van der Waals surface area contributed by atoms with Crippen LogP contribution in [-0.4, -0.2) is 16.1 Å². The molecule has 13 heteroatoms. The third-order valence-electron chi connectivity index (χ3n) is 4.25. The molecule has 1 aromatic heterocycles. The number of carboxylic acids is 1. The van der Waals surface area contributed by atoms with Gasteiger partial charge in [-0.3, -0.25) is 9.78 Å². The van der Waals surface area contributed by atoms with Crippen molar-refractivity contribution in [3.63, 3.8) is 0 Å². The number of hydrogen-bond donors (Lipinski definition) is 1. The van der Waals surface area contributed by atoms with Gasteiger partial charge in [-0.25, -0.2) is 43.9 Å². The second-order valence-electron chi connectivity index (χ2n) is 6.19. The zero-order valence-corrected chi connectivity index (χ0v) is 14.9. The Hall–Kier alpha value is -3.64. The van der Waals surface area contributed by atoms with E-state index in [1.807, 2.05) is 0 Å². The average molecular weight is 469 g/mol. The van der Waals surface area contributed by atoms with Crippen LogP contribution >= 0.6 is 0 Å². The first-order valence-corrected chi connectivity index (χ1v) is 8.12. The predicted octanol–water partition coefficient (Wildman–Crippen LogP) is 5.43. The van der Waals surface area contributed by atoms with Crippen LogP contribution in [0.2, 0.25) is 0 Å². The number of rotatable bonds is 4. The van der Waals surface area contributed by atoms with Crippen molar-refractivity contribution in [1.29, 1.82) is 0 Å². The summed E-state index contributed by atoms with van der Waals surface area (Å²) in [6, 6.07) is 0.437. The van der Waals surface area contributed by atoms with Gasteiger partial charge in [-0.15, -0.1) is 0 Å². The highest BCUT2D eigenvalue weighted by molar-refractivity contribution is 5.78. The Balaban J connectivity index is 2.36. The van der Waals surface area contributed by atoms with Gasteiger partial charge in [-0.05, 0) is 11.6 Å². The molecule has 3 nitrogen and oxygen atoms in total. The first-order chi connectivity index (χ1) is 14.9. The number of aromatic nitrogens is 1. The number of carbonyl (C=O) groups is 1. The molecule has 0 amide bonds. The van der Waals surface area contributed by atoms with Crippen molar-refractivity contribution in [2.45, 2.75) is 6.42 Å². The largest absolute Gasteiger partial charge is 0.481 e. The summed E-state index contributed by atoms with van der Waals surface area (Å²) < 4.78 is 137. The van der Waals surface area contributed by atoms with Crippen molar-refractivity contribution in [3.05, 3.63) is 76.0 Å². The first kappa shape index (κ1) is 23.0. The molecule has 0 saturated carbocycles. The van der Waals surface area contributed by atoms with Gasteiger partial charge in [0, 0.05) is 11.8 Å². The molecule has 0 saturated heterocycles. The fraction of sp³-hybridized carbons (Fsp3) is 0.0526. The number of pyridine rings is 1. The quantitative estimate of drug-likeness (QED) is 0.315. The number of nitrogens with zero attached hydrogens (tertiary/aromatic N) is 1. The highest BCUT2D eigenvalue weighted by Crippen LogP contribution is 2.36. The van der Waals surface area contributed by atoms with Crippen LogP contribution in [0, 0.1) is 58.2 Å². The summed E-state index contributed by atoms with van der Waals surface area (Å²) in [5, 5.41) is 8.98. The predicted molar refractivity (Wildman–Crippen MR) is 86.0 cm³/mol. The maximum absolute atomic E-state index is 14.1. The Bertz CT molecular complexity index is 1230. The van der Waals surface area contributed by atoms with Gasteiger partial charge in [0.1, 0.15) is 0 Å². The lowest BCUT2D eigenvalue weighted by atomic mass is 9.97. The minimum atomic E-state index is -2.51. The van der Waals surface area contributed by atoms with Crippen LogP contribution in [0.3, 0.4) is 0 Å². The molecule has 32 heavy (non-hydrogen) atoms. The lowest BCUT2D eigenvalue weighted by molar-refractivity contribution is -0.136. The zero-order valence-electron chi connectivity index (χ0n) is 14.9. The molecule has 0 aliphatic rings. The molecule has 168 valence electrons. The van der Waals surface area contributed by atoms with Crippen molar-refractivity contribution in [2.75, 3.05) is 0 Å². The fourth-order valence-electron chi connectivity index (χ4n) is 2.84. The number of benzene rings is 2. The Labute approximate surface area is 170 Å². The molecule has 0 radical (unpaired) electrons. The summed E-state index contributed by atoms with van der Waals surface area (Å²) in [5.41, 5.74) is -6.08. The Morgan fingerprint density at radius 2 is 1.03 bits per heavy atom. The molecule has 1 N–H and O–H groups in total. The Morgan fingerprint density at radius 3 is 1.44 bits per heavy atom. The molecular weight excluding hydrogens is 464 g/mol. The molecule has 0 aliphatic carbocycles. The standard InChI is InChI=1S/C19H5F10NO2/c20-9-7(10(21)14(25)17(28)13(9)24)5-1-4(2-6(31)32)19(30-3-5)8-11(22)15(26)18(29)16(27)12(8)23/h1,3H,2H2,(H,31,32). The van der Waals surface area contributed by atoms with E-state index in [-0.39, 0.29) is 0 Å². The van der Waals surface area contributed by atoms with Crippen LogP contribution in [0.5, 0.6) is 0 Å². The van der Waals surface area contributed by atoms with Crippen LogP contribution < -0.4 is 0 Å². The van der Waals surface area contributed by atoms with Gasteiger partial charge in [0.15, 0.2) is 46.5 Å². The monoisotopic (exact) mass is 469 g/mol. The third kappa shape index (κ3) is 3.52. The van der Waals surface area contributed by atoms with Crippen molar-refractivity contribution in [3.8, 4) is 22.4 Å². The van der Waals surface area contributed by atoms with Crippen molar-refractivity contribution >= 4 is 5.97 Å². The molecule has 3 aromatic rings. The summed E-state index contributed by atoms with van der Waals surface area (Å²) in [7, 11) is 0. The lowest BCUT2D eigenvalue weighted by Crippen LogP contribution is -2.10. The molecule has 0 atom stereocenters. The summed E-state index contributed by atoms with van der Waals surface area (Å²) in [4.78, 5) is 14.4. The van der Waals surface area contributed by atoms with Crippen LogP contribution in [0.1, 0.15) is 5.56 Å². The summed E-state index contributed by atoms with van der Waals surface area (Å²) in [5.74, 6) is -25.6. The number of halogens is 10. The fourth-order valence-corrected chi connectivity index (χ4v) is 2.84. The molecule has 3 rings (SSSR count). The molecule has 0 spiro atoms. The van der Waals surface area contributed by atoms with Gasteiger partial charge < -0.3 is 5.11 Å². The van der Waals surface area contributed by atoms with E-state index in [4.69, 9.17) is 5.11 Å². The van der Waals surface area contributed by atoms with E-state index in [2.05, 4.69) is 4.98 Å². The van der Waals surface area contributed by atoms with Gasteiger partial charge in [-0.1, -0.05) is 0 Å². The second kappa shape index (κ2) is 8.13. The summed E-state index contributed by atoms with van der Waals surface area (Å²) >= 11 is 0. The minimum absolute atomic E-state index is 0.316. The second-order valence-corrected chi connectivity index (χ2v) is 6.19. The number of hydrogen-bond acceptors (Lipinski definition) is 2. The molecule has 0 bridgehead atoms. The molecule has 0 unspecified atom stereocenters. The van der Waals surface area contributed by atoms with Gasteiger partial charge in [0.05, 0.1) is 23.2 Å². The van der Waals surface area contributed by atoms with Gasteiger partial charge in [-0.2, -0.15) is 0 Å². The van der Waals surface area contributed by atoms with E-state index in [1.54, 1.807) is 0 Å². The Kier molecular flexibility index (Phi) is 5.85. The molecule has 0 fully saturated rings. The van der Waals surface area contributed by atoms with Crippen LogP contribution in [-0.2, 0) is 11.2 Å². The number of aliphatic carboxylic acids is 1. The van der Waals surface area contributed by atoms with E-state index in [0.717, 1.165) is 0 Å². The van der Waals surface area contributed by atoms with Gasteiger partial charge in [0.25, 0.3) is 0 Å². The minimum Gasteiger partial charge on any atom is -0.481 e. The molecule has 2 aromatic carbocycles. The lowest BCUT2D eigenvalue weighted by Gasteiger charge is -2.14. The molecular formula is C19H5F10NO2. The Morgan fingerprint density at radius 1 is 0.656 bits per heavy atom. The van der Waals surface area contributed by atoms with Crippen LogP contribution in [0.25, 0.3) is 22.4 Å². The highest BCUT2D eigenvalue weighted by atomic mass is 19.2. The molecule has 0 aliphatic heterocycles. The zero-order chi connectivity index (χ0) is 24.1. The normalized spacial score (nSPS) is 11.2.